The van der Waals surface area contributed by atoms with Crippen molar-refractivity contribution in [3.63, 3.8) is 0 Å². The van der Waals surface area contributed by atoms with Crippen molar-refractivity contribution in [2.45, 2.75) is 38.7 Å². The summed E-state index contributed by atoms with van der Waals surface area (Å²) in [6.07, 6.45) is 3.45. The summed E-state index contributed by atoms with van der Waals surface area (Å²) in [6, 6.07) is 0.0900. The standard InChI is InChI=1S/C18H34N4O2/c1-3-20-7-9-21(10-8-20)14-16(2)13-19-17(23)22-11-12-24-18(15-22)5-4-6-18/h16H,3-15H2,1-2H3,(H,19,23)/t16-/m0/s1. The van der Waals surface area contributed by atoms with Gasteiger partial charge in [-0.2, -0.15) is 0 Å². The Kier molecular flexibility index (Phi) is 6.00. The van der Waals surface area contributed by atoms with E-state index >= 15 is 0 Å². The van der Waals surface area contributed by atoms with Gasteiger partial charge in [-0.15, -0.1) is 0 Å². The van der Waals surface area contributed by atoms with Crippen molar-refractivity contribution in [1.29, 1.82) is 0 Å². The number of morpholine rings is 1. The van der Waals surface area contributed by atoms with Gasteiger partial charge in [0, 0.05) is 45.8 Å². The van der Waals surface area contributed by atoms with E-state index in [9.17, 15) is 4.79 Å². The number of carbonyl (C=O) groups is 1. The second kappa shape index (κ2) is 8.02. The maximum absolute atomic E-state index is 12.4. The molecule has 6 heteroatoms. The van der Waals surface area contributed by atoms with Gasteiger partial charge in [-0.1, -0.05) is 13.8 Å². The lowest BCUT2D eigenvalue weighted by atomic mass is 9.79. The summed E-state index contributed by atoms with van der Waals surface area (Å²) in [7, 11) is 0. The molecule has 0 aromatic heterocycles. The molecule has 2 amide bonds. The van der Waals surface area contributed by atoms with Crippen LogP contribution in [0, 0.1) is 5.92 Å². The van der Waals surface area contributed by atoms with Gasteiger partial charge in [0.05, 0.1) is 18.8 Å². The Hall–Kier alpha value is -0.850. The molecular formula is C18H34N4O2. The summed E-state index contributed by atoms with van der Waals surface area (Å²) in [4.78, 5) is 19.4. The number of urea groups is 1. The topological polar surface area (TPSA) is 48.0 Å². The predicted molar refractivity (Wildman–Crippen MR) is 95.2 cm³/mol. The molecular weight excluding hydrogens is 304 g/mol. The van der Waals surface area contributed by atoms with Gasteiger partial charge in [-0.05, 0) is 31.7 Å². The Morgan fingerprint density at radius 3 is 2.50 bits per heavy atom. The van der Waals surface area contributed by atoms with Crippen LogP contribution in [0.1, 0.15) is 33.1 Å². The van der Waals surface area contributed by atoms with Gasteiger partial charge in [0.25, 0.3) is 0 Å². The molecule has 0 unspecified atom stereocenters. The number of carbonyl (C=O) groups excluding carboxylic acids is 1. The zero-order valence-corrected chi connectivity index (χ0v) is 15.4. The molecule has 1 atom stereocenters. The van der Waals surface area contributed by atoms with Crippen molar-refractivity contribution in [3.05, 3.63) is 0 Å². The number of amides is 2. The number of likely N-dealkylation sites (N-methyl/N-ethyl adjacent to an activating group) is 1. The maximum Gasteiger partial charge on any atom is 0.317 e. The van der Waals surface area contributed by atoms with E-state index in [1.54, 1.807) is 0 Å². The Bertz CT molecular complexity index is 419. The first-order chi connectivity index (χ1) is 11.6. The average Bonchev–Trinajstić information content (AvgIpc) is 2.59. The van der Waals surface area contributed by atoms with Crippen LogP contribution in [0.25, 0.3) is 0 Å². The van der Waals surface area contributed by atoms with Gasteiger partial charge in [0.2, 0.25) is 0 Å². The van der Waals surface area contributed by atoms with E-state index in [0.717, 1.165) is 58.7 Å². The van der Waals surface area contributed by atoms with Gasteiger partial charge < -0.3 is 24.8 Å². The molecule has 2 saturated heterocycles. The first-order valence-electron chi connectivity index (χ1n) is 9.72. The summed E-state index contributed by atoms with van der Waals surface area (Å²) in [5, 5.41) is 3.14. The largest absolute Gasteiger partial charge is 0.371 e. The highest BCUT2D eigenvalue weighted by Crippen LogP contribution is 2.38. The van der Waals surface area contributed by atoms with E-state index in [1.807, 2.05) is 4.90 Å². The monoisotopic (exact) mass is 338 g/mol. The van der Waals surface area contributed by atoms with Gasteiger partial charge in [-0.25, -0.2) is 4.79 Å². The minimum Gasteiger partial charge on any atom is -0.371 e. The highest BCUT2D eigenvalue weighted by molar-refractivity contribution is 5.74. The number of nitrogens with one attached hydrogen (secondary N) is 1. The molecule has 2 aliphatic heterocycles. The van der Waals surface area contributed by atoms with Crippen LogP contribution in [0.4, 0.5) is 4.79 Å². The average molecular weight is 338 g/mol. The summed E-state index contributed by atoms with van der Waals surface area (Å²) in [6.45, 7) is 14.3. The molecule has 1 spiro atoms. The Balaban J connectivity index is 1.35. The maximum atomic E-state index is 12.4. The van der Waals surface area contributed by atoms with Crippen LogP contribution in [0.2, 0.25) is 0 Å². The van der Waals surface area contributed by atoms with Crippen LogP contribution in [0.5, 0.6) is 0 Å². The van der Waals surface area contributed by atoms with Crippen molar-refractivity contribution < 1.29 is 9.53 Å². The fraction of sp³-hybridized carbons (Fsp3) is 0.944. The van der Waals surface area contributed by atoms with Crippen LogP contribution >= 0.6 is 0 Å². The third kappa shape index (κ3) is 4.41. The van der Waals surface area contributed by atoms with Gasteiger partial charge in [-0.3, -0.25) is 0 Å². The highest BCUT2D eigenvalue weighted by Gasteiger charge is 2.43. The smallest absolute Gasteiger partial charge is 0.317 e. The number of hydrogen-bond acceptors (Lipinski definition) is 4. The summed E-state index contributed by atoms with van der Waals surface area (Å²) in [5.74, 6) is 0.487. The van der Waals surface area contributed by atoms with Gasteiger partial charge >= 0.3 is 6.03 Å². The molecule has 0 aromatic carbocycles. The normalized spacial score (nSPS) is 26.2. The predicted octanol–water partition coefficient (Wildman–Crippen LogP) is 1.22. The molecule has 3 rings (SSSR count). The SMILES string of the molecule is CCN1CCN(C[C@@H](C)CNC(=O)N2CCOC3(CCC3)C2)CC1. The molecule has 1 saturated carbocycles. The van der Waals surface area contributed by atoms with Crippen LogP contribution in [-0.2, 0) is 4.74 Å². The van der Waals surface area contributed by atoms with E-state index in [2.05, 4.69) is 29.0 Å². The van der Waals surface area contributed by atoms with Crippen molar-refractivity contribution in [3.8, 4) is 0 Å². The highest BCUT2D eigenvalue weighted by atomic mass is 16.5. The number of ether oxygens (including phenoxy) is 1. The number of rotatable bonds is 5. The Morgan fingerprint density at radius 1 is 1.17 bits per heavy atom. The minimum absolute atomic E-state index is 0.0137. The number of piperazine rings is 1. The third-order valence-corrected chi connectivity index (χ3v) is 5.88. The number of nitrogens with zero attached hydrogens (tertiary/aromatic N) is 3. The molecule has 1 aliphatic carbocycles. The molecule has 0 bridgehead atoms. The zero-order chi connectivity index (χ0) is 17.0. The van der Waals surface area contributed by atoms with E-state index < -0.39 is 0 Å². The molecule has 138 valence electrons. The van der Waals surface area contributed by atoms with E-state index in [-0.39, 0.29) is 11.6 Å². The van der Waals surface area contributed by atoms with Crippen LogP contribution in [0.15, 0.2) is 0 Å². The van der Waals surface area contributed by atoms with Crippen LogP contribution in [0.3, 0.4) is 0 Å². The molecule has 24 heavy (non-hydrogen) atoms. The minimum atomic E-state index is -0.0137. The fourth-order valence-electron chi connectivity index (χ4n) is 4.06. The van der Waals surface area contributed by atoms with Gasteiger partial charge in [0.1, 0.15) is 0 Å². The van der Waals surface area contributed by atoms with Crippen molar-refractivity contribution in [2.75, 3.05) is 65.5 Å². The first kappa shape index (κ1) is 18.0. The third-order valence-electron chi connectivity index (χ3n) is 5.88. The quantitative estimate of drug-likeness (QED) is 0.819. The molecule has 3 aliphatic rings. The van der Waals surface area contributed by atoms with Crippen molar-refractivity contribution in [1.82, 2.24) is 20.0 Å². The van der Waals surface area contributed by atoms with Gasteiger partial charge in [0.15, 0.2) is 0 Å². The lowest BCUT2D eigenvalue weighted by Crippen LogP contribution is -2.59. The first-order valence-corrected chi connectivity index (χ1v) is 9.72. The summed E-state index contributed by atoms with van der Waals surface area (Å²) >= 11 is 0. The van der Waals surface area contributed by atoms with Crippen molar-refractivity contribution in [2.24, 2.45) is 5.92 Å². The lowest BCUT2D eigenvalue weighted by molar-refractivity contribution is -0.141. The number of hydrogen-bond donors (Lipinski definition) is 1. The second-order valence-electron chi connectivity index (χ2n) is 7.83. The Morgan fingerprint density at radius 2 is 1.88 bits per heavy atom. The molecule has 0 radical (unpaired) electrons. The zero-order valence-electron chi connectivity index (χ0n) is 15.4. The lowest BCUT2D eigenvalue weighted by Gasteiger charge is -2.48. The van der Waals surface area contributed by atoms with Crippen LogP contribution < -0.4 is 5.32 Å². The molecule has 0 aromatic rings. The fourth-order valence-corrected chi connectivity index (χ4v) is 4.06. The van der Waals surface area contributed by atoms with E-state index in [1.165, 1.54) is 19.5 Å². The second-order valence-corrected chi connectivity index (χ2v) is 7.83. The van der Waals surface area contributed by atoms with Crippen LogP contribution in [-0.4, -0.2) is 91.8 Å². The van der Waals surface area contributed by atoms with Crippen molar-refractivity contribution >= 4 is 6.03 Å². The van der Waals surface area contributed by atoms with E-state index in [0.29, 0.717) is 12.5 Å². The molecule has 1 N–H and O–H groups in total. The molecule has 3 fully saturated rings. The molecule has 6 nitrogen and oxygen atoms in total. The van der Waals surface area contributed by atoms with E-state index in [4.69, 9.17) is 4.74 Å². The molecule has 2 heterocycles. The summed E-state index contributed by atoms with van der Waals surface area (Å²) in [5.41, 5.74) is -0.0137. The summed E-state index contributed by atoms with van der Waals surface area (Å²) < 4.78 is 5.89. The Labute approximate surface area is 146 Å².